The van der Waals surface area contributed by atoms with Crippen LogP contribution >= 0.6 is 59.4 Å². The summed E-state index contributed by atoms with van der Waals surface area (Å²) in [5.74, 6) is 0.806. The molecule has 0 aliphatic heterocycles. The number of hydrogen-bond acceptors (Lipinski definition) is 9. The van der Waals surface area contributed by atoms with Crippen molar-refractivity contribution in [3.63, 3.8) is 0 Å². The lowest BCUT2D eigenvalue weighted by molar-refractivity contribution is -0.387. The minimum atomic E-state index is -0.462. The fourth-order valence-corrected chi connectivity index (χ4v) is 5.92. The van der Waals surface area contributed by atoms with Crippen molar-refractivity contribution >= 4 is 82.1 Å². The Balaban J connectivity index is 0.000000234. The SMILES string of the molecule is CCCCSc1c([N+](=O)[O-])ccc(N)c1Cl.Nc1ccc([N+](=O)[O-])c(Sc2ccccc2)c1Cl.Sc1ccccc1. The molecule has 4 rings (SSSR count). The number of benzene rings is 4. The number of nitrogens with two attached hydrogens (primary N) is 2. The fraction of sp³-hybridized carbons (Fsp3) is 0.143. The molecule has 0 saturated heterocycles. The van der Waals surface area contributed by atoms with Crippen molar-refractivity contribution in [2.45, 2.75) is 39.3 Å². The van der Waals surface area contributed by atoms with Gasteiger partial charge in [-0.15, -0.1) is 24.4 Å². The first-order valence-electron chi connectivity index (χ1n) is 12.1. The number of nitrogens with zero attached hydrogens (tertiary/aromatic N) is 2. The van der Waals surface area contributed by atoms with Crippen LogP contribution in [0.5, 0.6) is 0 Å². The number of hydrogen-bond donors (Lipinski definition) is 3. The Labute approximate surface area is 262 Å². The molecular formula is C28H28Cl2N4O4S3. The second kappa shape index (κ2) is 17.7. The first-order valence-corrected chi connectivity index (χ1v) is 15.1. The normalized spacial score (nSPS) is 10.0. The molecule has 0 atom stereocenters. The van der Waals surface area contributed by atoms with E-state index in [1.54, 1.807) is 0 Å². The number of anilines is 2. The van der Waals surface area contributed by atoms with E-state index in [1.165, 1.54) is 47.8 Å². The molecule has 4 aromatic carbocycles. The van der Waals surface area contributed by atoms with Gasteiger partial charge in [-0.2, -0.15) is 0 Å². The summed E-state index contributed by atoms with van der Waals surface area (Å²) >= 11 is 18.7. The number of halogens is 2. The monoisotopic (exact) mass is 650 g/mol. The Hall–Kier alpha value is -3.09. The van der Waals surface area contributed by atoms with Gasteiger partial charge in [0.05, 0.1) is 31.3 Å². The number of unbranched alkanes of at least 4 members (excludes halogenated alkanes) is 1. The zero-order valence-electron chi connectivity index (χ0n) is 21.9. The molecule has 0 aromatic heterocycles. The minimum Gasteiger partial charge on any atom is -0.397 e. The first kappa shape index (κ1) is 34.1. The van der Waals surface area contributed by atoms with Crippen LogP contribution in [0.15, 0.2) is 105 Å². The molecule has 8 nitrogen and oxygen atoms in total. The van der Waals surface area contributed by atoms with E-state index in [4.69, 9.17) is 34.7 Å². The number of nitro benzene ring substituents is 2. The van der Waals surface area contributed by atoms with Gasteiger partial charge in [0.25, 0.3) is 11.4 Å². The molecule has 0 spiro atoms. The molecule has 0 aliphatic rings. The van der Waals surface area contributed by atoms with Gasteiger partial charge in [-0.3, -0.25) is 20.2 Å². The quantitative estimate of drug-likeness (QED) is 0.0427. The molecule has 0 fully saturated rings. The third-order valence-corrected chi connectivity index (χ3v) is 8.73. The molecule has 41 heavy (non-hydrogen) atoms. The Morgan fingerprint density at radius 2 is 1.22 bits per heavy atom. The molecular weight excluding hydrogens is 623 g/mol. The van der Waals surface area contributed by atoms with Crippen molar-refractivity contribution in [1.82, 2.24) is 0 Å². The largest absolute Gasteiger partial charge is 0.397 e. The van der Waals surface area contributed by atoms with Crippen LogP contribution in [0.3, 0.4) is 0 Å². The van der Waals surface area contributed by atoms with E-state index in [0.717, 1.165) is 28.4 Å². The van der Waals surface area contributed by atoms with Gasteiger partial charge in [0, 0.05) is 21.9 Å². The molecule has 0 bridgehead atoms. The third kappa shape index (κ3) is 11.0. The smallest absolute Gasteiger partial charge is 0.284 e. The highest BCUT2D eigenvalue weighted by atomic mass is 35.5. The fourth-order valence-electron chi connectivity index (χ4n) is 3.00. The number of nitro groups is 2. The van der Waals surface area contributed by atoms with Crippen molar-refractivity contribution in [3.8, 4) is 0 Å². The summed E-state index contributed by atoms with van der Waals surface area (Å²) < 4.78 is 0. The molecule has 0 amide bonds. The van der Waals surface area contributed by atoms with Gasteiger partial charge < -0.3 is 11.5 Å². The zero-order chi connectivity index (χ0) is 30.4. The lowest BCUT2D eigenvalue weighted by Crippen LogP contribution is -1.95. The van der Waals surface area contributed by atoms with Crippen molar-refractivity contribution in [3.05, 3.63) is 115 Å². The van der Waals surface area contributed by atoms with Crippen LogP contribution in [-0.4, -0.2) is 15.6 Å². The van der Waals surface area contributed by atoms with Gasteiger partial charge in [0.1, 0.15) is 9.79 Å². The van der Waals surface area contributed by atoms with Crippen molar-refractivity contribution in [2.24, 2.45) is 0 Å². The van der Waals surface area contributed by atoms with E-state index in [2.05, 4.69) is 19.6 Å². The average molecular weight is 652 g/mol. The highest BCUT2D eigenvalue weighted by molar-refractivity contribution is 7.99. The summed E-state index contributed by atoms with van der Waals surface area (Å²) in [5, 5.41) is 22.3. The van der Waals surface area contributed by atoms with E-state index in [9.17, 15) is 20.2 Å². The van der Waals surface area contributed by atoms with Crippen molar-refractivity contribution in [1.29, 1.82) is 0 Å². The van der Waals surface area contributed by atoms with Crippen LogP contribution in [0.1, 0.15) is 19.8 Å². The number of nitrogen functional groups attached to an aromatic ring is 2. The van der Waals surface area contributed by atoms with E-state index in [0.29, 0.717) is 21.2 Å². The second-order valence-electron chi connectivity index (χ2n) is 8.10. The van der Waals surface area contributed by atoms with E-state index in [1.807, 2.05) is 60.7 Å². The highest BCUT2D eigenvalue weighted by Crippen LogP contribution is 2.42. The molecule has 0 heterocycles. The summed E-state index contributed by atoms with van der Waals surface area (Å²) in [5.41, 5.74) is 12.0. The molecule has 0 saturated carbocycles. The van der Waals surface area contributed by atoms with Crippen LogP contribution in [0.4, 0.5) is 22.7 Å². The van der Waals surface area contributed by atoms with Crippen molar-refractivity contribution < 1.29 is 9.85 Å². The molecule has 0 unspecified atom stereocenters. The Kier molecular flexibility index (Phi) is 14.7. The number of rotatable bonds is 8. The van der Waals surface area contributed by atoms with Crippen LogP contribution in [-0.2, 0) is 0 Å². The van der Waals surface area contributed by atoms with Gasteiger partial charge in [0.2, 0.25) is 0 Å². The molecule has 4 N–H and O–H groups in total. The minimum absolute atomic E-state index is 0.0281. The second-order valence-corrected chi connectivity index (χ2v) is 11.6. The Morgan fingerprint density at radius 1 is 0.756 bits per heavy atom. The standard InChI is InChI=1S/C12H9ClN2O2S.C10H13ClN2O2S.C6H6S/c13-11-9(14)6-7-10(15(16)17)12(11)18-8-4-2-1-3-5-8;1-2-3-6-16-10-8(13(14)15)5-4-7(12)9(10)11;7-6-4-2-1-3-5-6/h1-7H,14H2;4-5H,2-3,6,12H2,1H3;1-5,7H. The van der Waals surface area contributed by atoms with Gasteiger partial charge in [-0.05, 0) is 48.6 Å². The molecule has 4 aromatic rings. The summed E-state index contributed by atoms with van der Waals surface area (Å²) in [6, 6.07) is 24.8. The Morgan fingerprint density at radius 3 is 1.66 bits per heavy atom. The van der Waals surface area contributed by atoms with Crippen LogP contribution in [0.2, 0.25) is 10.0 Å². The molecule has 0 radical (unpaired) electrons. The lowest BCUT2D eigenvalue weighted by atomic mass is 10.3. The van der Waals surface area contributed by atoms with E-state index in [-0.39, 0.29) is 21.4 Å². The van der Waals surface area contributed by atoms with Gasteiger partial charge >= 0.3 is 0 Å². The van der Waals surface area contributed by atoms with Gasteiger partial charge in [-0.25, -0.2) is 0 Å². The van der Waals surface area contributed by atoms with Crippen LogP contribution < -0.4 is 11.5 Å². The summed E-state index contributed by atoms with van der Waals surface area (Å²) in [6.45, 7) is 2.07. The molecule has 216 valence electrons. The van der Waals surface area contributed by atoms with Crippen LogP contribution in [0, 0.1) is 20.2 Å². The predicted octanol–water partition coefficient (Wildman–Crippen LogP) is 9.68. The zero-order valence-corrected chi connectivity index (χ0v) is 25.9. The summed E-state index contributed by atoms with van der Waals surface area (Å²) in [6.07, 6.45) is 2.04. The Bertz CT molecular complexity index is 1450. The van der Waals surface area contributed by atoms with Crippen LogP contribution in [0.25, 0.3) is 0 Å². The van der Waals surface area contributed by atoms with Gasteiger partial charge in [-0.1, -0.05) is 84.7 Å². The highest BCUT2D eigenvalue weighted by Gasteiger charge is 2.20. The van der Waals surface area contributed by atoms with Gasteiger partial charge in [0.15, 0.2) is 0 Å². The molecule has 0 aliphatic carbocycles. The first-order chi connectivity index (χ1) is 19.6. The topological polar surface area (TPSA) is 138 Å². The third-order valence-electron chi connectivity index (χ3n) is 5.07. The lowest BCUT2D eigenvalue weighted by Gasteiger charge is -2.07. The average Bonchev–Trinajstić information content (AvgIpc) is 2.95. The van der Waals surface area contributed by atoms with E-state index >= 15 is 0 Å². The predicted molar refractivity (Wildman–Crippen MR) is 175 cm³/mol. The van der Waals surface area contributed by atoms with Crippen molar-refractivity contribution in [2.75, 3.05) is 17.2 Å². The summed E-state index contributed by atoms with van der Waals surface area (Å²) in [4.78, 5) is 23.6. The maximum Gasteiger partial charge on any atom is 0.284 e. The maximum absolute atomic E-state index is 11.0. The van der Waals surface area contributed by atoms with E-state index < -0.39 is 9.85 Å². The number of thiol groups is 1. The molecule has 13 heteroatoms. The maximum atomic E-state index is 11.0. The summed E-state index contributed by atoms with van der Waals surface area (Å²) in [7, 11) is 0. The number of thioether (sulfide) groups is 1.